The van der Waals surface area contributed by atoms with E-state index in [0.717, 1.165) is 0 Å². The van der Waals surface area contributed by atoms with Crippen molar-refractivity contribution in [3.05, 3.63) is 52.5 Å². The number of nitrogens with zero attached hydrogens (tertiary/aromatic N) is 1. The van der Waals surface area contributed by atoms with Crippen LogP contribution in [0.3, 0.4) is 0 Å². The zero-order valence-electron chi connectivity index (χ0n) is 14.6. The molecule has 10 heteroatoms. The molecule has 0 spiro atoms. The Morgan fingerprint density at radius 1 is 1.15 bits per heavy atom. The van der Waals surface area contributed by atoms with Gasteiger partial charge in [0.15, 0.2) is 0 Å². The maximum atomic E-state index is 12.9. The summed E-state index contributed by atoms with van der Waals surface area (Å²) >= 11 is 6.03. The van der Waals surface area contributed by atoms with Crippen molar-refractivity contribution < 1.29 is 21.6 Å². The largest absolute Gasteiger partial charge is 0.279 e. The van der Waals surface area contributed by atoms with Crippen LogP contribution in [0.1, 0.15) is 17.5 Å². The highest BCUT2D eigenvalue weighted by molar-refractivity contribution is 7.94. The molecule has 27 heavy (non-hydrogen) atoms. The van der Waals surface area contributed by atoms with Gasteiger partial charge in [0.1, 0.15) is 0 Å². The maximum Gasteiger partial charge on any atom is 0.262 e. The first-order chi connectivity index (χ1) is 12.5. The van der Waals surface area contributed by atoms with Crippen LogP contribution in [0.4, 0.5) is 11.4 Å². The summed E-state index contributed by atoms with van der Waals surface area (Å²) in [5.74, 6) is -0.872. The number of halogens is 1. The van der Waals surface area contributed by atoms with Crippen LogP contribution in [0.15, 0.2) is 41.3 Å². The number of nitrogens with one attached hydrogen (secondary N) is 1. The van der Waals surface area contributed by atoms with Crippen LogP contribution in [0, 0.1) is 13.8 Å². The summed E-state index contributed by atoms with van der Waals surface area (Å²) in [6.45, 7) is 3.27. The molecule has 1 heterocycles. The Bertz CT molecular complexity index is 1140. The molecule has 2 aromatic carbocycles. The molecule has 0 radical (unpaired) electrons. The highest BCUT2D eigenvalue weighted by atomic mass is 35.5. The van der Waals surface area contributed by atoms with Gasteiger partial charge in [-0.25, -0.2) is 21.1 Å². The summed E-state index contributed by atoms with van der Waals surface area (Å²) in [7, 11) is -7.82. The Morgan fingerprint density at radius 3 is 2.48 bits per heavy atom. The number of carbonyl (C=O) groups excluding carboxylic acids is 1. The lowest BCUT2D eigenvalue weighted by molar-refractivity contribution is -0.116. The molecule has 2 aromatic rings. The number of amides is 1. The monoisotopic (exact) mass is 428 g/mol. The molecule has 1 aliphatic heterocycles. The number of anilines is 2. The molecule has 1 fully saturated rings. The van der Waals surface area contributed by atoms with Gasteiger partial charge in [-0.05, 0) is 49.2 Å². The third kappa shape index (κ3) is 3.67. The number of carbonyl (C=O) groups is 1. The molecule has 0 aliphatic carbocycles. The highest BCUT2D eigenvalue weighted by Gasteiger charge is 2.37. The third-order valence-electron chi connectivity index (χ3n) is 4.29. The minimum Gasteiger partial charge on any atom is -0.279 e. The number of rotatable bonds is 4. The number of benzene rings is 2. The van der Waals surface area contributed by atoms with Crippen molar-refractivity contribution in [3.63, 3.8) is 0 Å². The van der Waals surface area contributed by atoms with E-state index in [1.54, 1.807) is 32.0 Å². The van der Waals surface area contributed by atoms with E-state index < -0.39 is 26.0 Å². The Balaban J connectivity index is 2.06. The van der Waals surface area contributed by atoms with Gasteiger partial charge in [-0.2, -0.15) is 0 Å². The van der Waals surface area contributed by atoms with Crippen molar-refractivity contribution in [2.75, 3.05) is 14.8 Å². The quantitative estimate of drug-likeness (QED) is 0.806. The smallest absolute Gasteiger partial charge is 0.262 e. The number of sulfonamides is 2. The first-order valence-corrected chi connectivity index (χ1v) is 11.4. The van der Waals surface area contributed by atoms with Crippen LogP contribution in [0.25, 0.3) is 0 Å². The van der Waals surface area contributed by atoms with Crippen molar-refractivity contribution in [2.24, 2.45) is 0 Å². The van der Waals surface area contributed by atoms with E-state index in [-0.39, 0.29) is 22.8 Å². The first-order valence-electron chi connectivity index (χ1n) is 7.97. The Hall–Kier alpha value is -2.10. The maximum absolute atomic E-state index is 12.9. The van der Waals surface area contributed by atoms with Crippen LogP contribution in [-0.2, 0) is 24.8 Å². The summed E-state index contributed by atoms with van der Waals surface area (Å²) in [4.78, 5) is 11.9. The minimum atomic E-state index is -4.03. The topological polar surface area (TPSA) is 101 Å². The first kappa shape index (κ1) is 19.7. The molecule has 0 saturated carbocycles. The van der Waals surface area contributed by atoms with Crippen molar-refractivity contribution in [2.45, 2.75) is 25.2 Å². The summed E-state index contributed by atoms with van der Waals surface area (Å²) < 4.78 is 53.1. The van der Waals surface area contributed by atoms with Crippen LogP contribution in [0.5, 0.6) is 0 Å². The van der Waals surface area contributed by atoms with E-state index in [0.29, 0.717) is 26.1 Å². The molecule has 1 aliphatic rings. The minimum absolute atomic E-state index is 0.00583. The van der Waals surface area contributed by atoms with Gasteiger partial charge in [-0.3, -0.25) is 9.52 Å². The van der Waals surface area contributed by atoms with Crippen molar-refractivity contribution in [1.29, 1.82) is 0 Å². The van der Waals surface area contributed by atoms with Crippen molar-refractivity contribution in [1.82, 2.24) is 0 Å². The molecule has 0 bridgehead atoms. The Kier molecular flexibility index (Phi) is 4.96. The predicted molar refractivity (Wildman–Crippen MR) is 104 cm³/mol. The van der Waals surface area contributed by atoms with Gasteiger partial charge in [0.25, 0.3) is 10.0 Å². The molecule has 0 unspecified atom stereocenters. The van der Waals surface area contributed by atoms with Gasteiger partial charge in [0.2, 0.25) is 15.9 Å². The van der Waals surface area contributed by atoms with E-state index >= 15 is 0 Å². The standard InChI is InChI=1S/C17H17ClN2O5S2/c1-11-6-7-13(20-17(21)8-9-26(20,22)23)10-16(11)27(24,25)19-15-5-3-4-14(18)12(15)2/h3-7,10,19H,8-9H2,1-2H3. The zero-order valence-corrected chi connectivity index (χ0v) is 17.0. The second kappa shape index (κ2) is 6.81. The molecule has 1 N–H and O–H groups in total. The van der Waals surface area contributed by atoms with E-state index in [4.69, 9.17) is 11.6 Å². The van der Waals surface area contributed by atoms with E-state index in [1.165, 1.54) is 18.2 Å². The zero-order chi connectivity index (χ0) is 20.0. The number of hydrogen-bond acceptors (Lipinski definition) is 5. The third-order valence-corrected chi connectivity index (χ3v) is 7.89. The molecule has 1 saturated heterocycles. The van der Waals surface area contributed by atoms with E-state index in [1.807, 2.05) is 0 Å². The molecule has 0 atom stereocenters. The van der Waals surface area contributed by atoms with Gasteiger partial charge >= 0.3 is 0 Å². The highest BCUT2D eigenvalue weighted by Crippen LogP contribution is 2.31. The van der Waals surface area contributed by atoms with Gasteiger partial charge in [0, 0.05) is 11.4 Å². The van der Waals surface area contributed by atoms with E-state index in [9.17, 15) is 21.6 Å². The Morgan fingerprint density at radius 2 is 1.85 bits per heavy atom. The predicted octanol–water partition coefficient (Wildman–Crippen LogP) is 2.82. The molecule has 3 rings (SSSR count). The fraction of sp³-hybridized carbons (Fsp3) is 0.235. The van der Waals surface area contributed by atoms with Gasteiger partial charge < -0.3 is 0 Å². The summed E-state index contributed by atoms with van der Waals surface area (Å²) in [6, 6.07) is 8.91. The lowest BCUT2D eigenvalue weighted by Crippen LogP contribution is -2.29. The summed E-state index contributed by atoms with van der Waals surface area (Å²) in [6.07, 6.45) is -0.127. The lowest BCUT2D eigenvalue weighted by atomic mass is 10.2. The van der Waals surface area contributed by atoms with Crippen LogP contribution in [-0.4, -0.2) is 28.5 Å². The van der Waals surface area contributed by atoms with Crippen LogP contribution >= 0.6 is 11.6 Å². The lowest BCUT2D eigenvalue weighted by Gasteiger charge is -2.18. The summed E-state index contributed by atoms with van der Waals surface area (Å²) in [5, 5.41) is 0.412. The number of hydrogen-bond donors (Lipinski definition) is 1. The molecule has 1 amide bonds. The van der Waals surface area contributed by atoms with Crippen LogP contribution in [0.2, 0.25) is 5.02 Å². The van der Waals surface area contributed by atoms with Crippen molar-refractivity contribution >= 4 is 48.9 Å². The van der Waals surface area contributed by atoms with Crippen LogP contribution < -0.4 is 9.03 Å². The van der Waals surface area contributed by atoms with E-state index in [2.05, 4.69) is 4.72 Å². The molecular weight excluding hydrogens is 412 g/mol. The molecular formula is C17H17ClN2O5S2. The normalized spacial score (nSPS) is 16.6. The average molecular weight is 429 g/mol. The van der Waals surface area contributed by atoms with Gasteiger partial charge in [-0.1, -0.05) is 23.7 Å². The molecule has 0 aromatic heterocycles. The number of aryl methyl sites for hydroxylation is 1. The van der Waals surface area contributed by atoms with Gasteiger partial charge in [-0.15, -0.1) is 0 Å². The second-order valence-electron chi connectivity index (χ2n) is 6.19. The fourth-order valence-corrected chi connectivity index (χ4v) is 5.81. The molecule has 144 valence electrons. The fourth-order valence-electron chi connectivity index (χ4n) is 2.79. The average Bonchev–Trinajstić information content (AvgIpc) is 2.85. The summed E-state index contributed by atoms with van der Waals surface area (Å²) in [5.41, 5.74) is 1.30. The Labute approximate surface area is 163 Å². The SMILES string of the molecule is Cc1ccc(N2C(=O)CCS2(=O)=O)cc1S(=O)(=O)Nc1cccc(Cl)c1C. The van der Waals surface area contributed by atoms with Crippen molar-refractivity contribution in [3.8, 4) is 0 Å². The second-order valence-corrected chi connectivity index (χ2v) is 10.2. The molecule has 7 nitrogen and oxygen atoms in total. The van der Waals surface area contributed by atoms with Gasteiger partial charge in [0.05, 0.1) is 22.0 Å².